The predicted molar refractivity (Wildman–Crippen MR) is 61.0 cm³/mol. The quantitative estimate of drug-likeness (QED) is 0.608. The van der Waals surface area contributed by atoms with E-state index in [0.29, 0.717) is 5.41 Å². The zero-order valence-corrected chi connectivity index (χ0v) is 9.79. The van der Waals surface area contributed by atoms with Crippen molar-refractivity contribution in [2.45, 2.75) is 26.7 Å². The van der Waals surface area contributed by atoms with Gasteiger partial charge in [0.1, 0.15) is 0 Å². The van der Waals surface area contributed by atoms with Gasteiger partial charge >= 0.3 is 0 Å². The highest BCUT2D eigenvalue weighted by molar-refractivity contribution is 7.98. The molecule has 0 aromatic carbocycles. The highest BCUT2D eigenvalue weighted by Gasteiger charge is 2.54. The van der Waals surface area contributed by atoms with Gasteiger partial charge in [-0.05, 0) is 48.0 Å². The Morgan fingerprint density at radius 2 is 2.15 bits per heavy atom. The van der Waals surface area contributed by atoms with E-state index in [9.17, 15) is 0 Å². The van der Waals surface area contributed by atoms with Crippen molar-refractivity contribution < 1.29 is 0 Å². The topological polar surface area (TPSA) is 0 Å². The van der Waals surface area contributed by atoms with Gasteiger partial charge in [0.05, 0.1) is 0 Å². The van der Waals surface area contributed by atoms with Gasteiger partial charge in [-0.25, -0.2) is 0 Å². The lowest BCUT2D eigenvalue weighted by Crippen LogP contribution is -2.52. The van der Waals surface area contributed by atoms with Gasteiger partial charge in [-0.1, -0.05) is 26.0 Å². The van der Waals surface area contributed by atoms with Gasteiger partial charge in [0.25, 0.3) is 0 Å². The Morgan fingerprint density at radius 1 is 1.46 bits per heavy atom. The minimum Gasteiger partial charge on any atom is -0.165 e. The van der Waals surface area contributed by atoms with Crippen molar-refractivity contribution >= 4 is 11.8 Å². The second-order valence-electron chi connectivity index (χ2n) is 5.27. The van der Waals surface area contributed by atoms with Crippen molar-refractivity contribution in [3.8, 4) is 0 Å². The van der Waals surface area contributed by atoms with Crippen LogP contribution in [0.25, 0.3) is 0 Å². The van der Waals surface area contributed by atoms with Crippen LogP contribution >= 0.6 is 11.8 Å². The van der Waals surface area contributed by atoms with E-state index in [-0.39, 0.29) is 0 Å². The summed E-state index contributed by atoms with van der Waals surface area (Å²) in [5, 5.41) is 0. The summed E-state index contributed by atoms with van der Waals surface area (Å²) in [6, 6.07) is 0. The molecule has 3 rings (SSSR count). The molecule has 13 heavy (non-hydrogen) atoms. The summed E-state index contributed by atoms with van der Waals surface area (Å²) < 4.78 is 0. The molecule has 1 heteroatoms. The second-order valence-corrected chi connectivity index (χ2v) is 6.18. The molecule has 3 aliphatic carbocycles. The molecule has 3 fully saturated rings. The Balaban J connectivity index is 2.08. The van der Waals surface area contributed by atoms with Gasteiger partial charge < -0.3 is 0 Å². The fourth-order valence-electron chi connectivity index (χ4n) is 3.20. The van der Waals surface area contributed by atoms with E-state index in [1.165, 1.54) is 18.6 Å². The van der Waals surface area contributed by atoms with E-state index in [2.05, 4.69) is 26.7 Å². The van der Waals surface area contributed by atoms with Crippen molar-refractivity contribution in [1.29, 1.82) is 0 Å². The molecule has 0 N–H and O–H groups in total. The van der Waals surface area contributed by atoms with Gasteiger partial charge in [-0.2, -0.15) is 11.8 Å². The maximum absolute atomic E-state index is 4.32. The lowest BCUT2D eigenvalue weighted by molar-refractivity contribution is -0.0430. The Morgan fingerprint density at radius 3 is 2.62 bits per heavy atom. The maximum atomic E-state index is 4.32. The van der Waals surface area contributed by atoms with E-state index < -0.39 is 0 Å². The molecule has 0 nitrogen and oxygen atoms in total. The van der Waals surface area contributed by atoms with Crippen molar-refractivity contribution in [2.75, 3.05) is 12.0 Å². The molecule has 0 aromatic heterocycles. The standard InChI is InChI=1S/C12H20S/c1-8-9(7-13-4)5-10-6-11(8)12(10,2)3/h9-11H,1,5-7H2,2-4H3/t9-,10+,11+/m1/s1. The summed E-state index contributed by atoms with van der Waals surface area (Å²) in [6.07, 6.45) is 5.04. The molecule has 2 bridgehead atoms. The average Bonchev–Trinajstić information content (AvgIpc) is 2.08. The first-order chi connectivity index (χ1) is 6.07. The van der Waals surface area contributed by atoms with Crippen LogP contribution in [0, 0.1) is 23.2 Å². The van der Waals surface area contributed by atoms with Crippen molar-refractivity contribution in [1.82, 2.24) is 0 Å². The van der Waals surface area contributed by atoms with Gasteiger partial charge in [0.15, 0.2) is 0 Å². The van der Waals surface area contributed by atoms with Crippen LogP contribution < -0.4 is 0 Å². The Bertz CT molecular complexity index is 229. The van der Waals surface area contributed by atoms with Crippen LogP contribution in [-0.2, 0) is 0 Å². The molecule has 0 amide bonds. The summed E-state index contributed by atoms with van der Waals surface area (Å²) in [6.45, 7) is 9.16. The summed E-state index contributed by atoms with van der Waals surface area (Å²) >= 11 is 1.97. The molecule has 0 heterocycles. The van der Waals surface area contributed by atoms with E-state index in [0.717, 1.165) is 17.8 Å². The van der Waals surface area contributed by atoms with E-state index in [1.54, 1.807) is 5.57 Å². The molecule has 0 unspecified atom stereocenters. The normalized spacial score (nSPS) is 41.5. The van der Waals surface area contributed by atoms with E-state index >= 15 is 0 Å². The molecule has 0 aliphatic heterocycles. The minimum atomic E-state index is 0.575. The summed E-state index contributed by atoms with van der Waals surface area (Å²) in [5.41, 5.74) is 2.13. The van der Waals surface area contributed by atoms with Crippen LogP contribution in [-0.4, -0.2) is 12.0 Å². The predicted octanol–water partition coefficient (Wildman–Crippen LogP) is 3.59. The lowest BCUT2D eigenvalue weighted by atomic mass is 9.45. The molecule has 0 saturated heterocycles. The summed E-state index contributed by atoms with van der Waals surface area (Å²) in [5.74, 6) is 3.94. The third kappa shape index (κ3) is 1.27. The van der Waals surface area contributed by atoms with Gasteiger partial charge in [-0.15, -0.1) is 0 Å². The fraction of sp³-hybridized carbons (Fsp3) is 0.833. The molecular formula is C12H20S. The Hall–Kier alpha value is 0.0900. The molecule has 3 saturated carbocycles. The van der Waals surface area contributed by atoms with Crippen LogP contribution in [0.4, 0.5) is 0 Å². The first-order valence-corrected chi connectivity index (χ1v) is 6.64. The van der Waals surface area contributed by atoms with Gasteiger partial charge in [0.2, 0.25) is 0 Å². The van der Waals surface area contributed by atoms with Crippen molar-refractivity contribution in [3.63, 3.8) is 0 Å². The number of hydrogen-bond donors (Lipinski definition) is 0. The smallest absolute Gasteiger partial charge is 0.000445 e. The molecule has 3 aliphatic rings. The Labute approximate surface area is 86.2 Å². The zero-order valence-electron chi connectivity index (χ0n) is 8.97. The van der Waals surface area contributed by atoms with Crippen LogP contribution in [0.1, 0.15) is 26.7 Å². The van der Waals surface area contributed by atoms with Crippen LogP contribution in [0.3, 0.4) is 0 Å². The van der Waals surface area contributed by atoms with Gasteiger partial charge in [0, 0.05) is 0 Å². The number of allylic oxidation sites excluding steroid dienone is 1. The zero-order chi connectivity index (χ0) is 9.64. The SMILES string of the molecule is C=C1[C@@H](CSC)C[C@H]2C[C@@H]1C2(C)C. The summed E-state index contributed by atoms with van der Waals surface area (Å²) in [7, 11) is 0. The number of rotatable bonds is 2. The van der Waals surface area contributed by atoms with E-state index in [4.69, 9.17) is 0 Å². The first-order valence-electron chi connectivity index (χ1n) is 5.25. The highest BCUT2D eigenvalue weighted by Crippen LogP contribution is 2.62. The third-order valence-corrected chi connectivity index (χ3v) is 5.12. The number of fused-ring (bicyclic) bond motifs is 2. The number of thioether (sulfide) groups is 1. The average molecular weight is 196 g/mol. The van der Waals surface area contributed by atoms with E-state index in [1.807, 2.05) is 11.8 Å². The van der Waals surface area contributed by atoms with Gasteiger partial charge in [-0.3, -0.25) is 0 Å². The molecule has 0 spiro atoms. The maximum Gasteiger partial charge on any atom is -0.000445 e. The molecule has 3 atom stereocenters. The monoisotopic (exact) mass is 196 g/mol. The van der Waals surface area contributed by atoms with Crippen LogP contribution in [0.15, 0.2) is 12.2 Å². The Kier molecular flexibility index (Phi) is 2.26. The second kappa shape index (κ2) is 3.05. The highest BCUT2D eigenvalue weighted by atomic mass is 32.2. The van der Waals surface area contributed by atoms with Crippen LogP contribution in [0.2, 0.25) is 0 Å². The molecule has 74 valence electrons. The van der Waals surface area contributed by atoms with Crippen molar-refractivity contribution in [2.24, 2.45) is 23.2 Å². The molecule has 0 radical (unpaired) electrons. The fourth-order valence-corrected chi connectivity index (χ4v) is 3.95. The van der Waals surface area contributed by atoms with Crippen LogP contribution in [0.5, 0.6) is 0 Å². The minimum absolute atomic E-state index is 0.575. The lowest BCUT2D eigenvalue weighted by Gasteiger charge is -2.60. The third-order valence-electron chi connectivity index (χ3n) is 4.38. The first kappa shape index (κ1) is 9.64. The summed E-state index contributed by atoms with van der Waals surface area (Å²) in [4.78, 5) is 0. The largest absolute Gasteiger partial charge is 0.165 e. The number of hydrogen-bond acceptors (Lipinski definition) is 1. The van der Waals surface area contributed by atoms with Crippen molar-refractivity contribution in [3.05, 3.63) is 12.2 Å². The molecule has 0 aromatic rings. The molecular weight excluding hydrogens is 176 g/mol.